The predicted octanol–water partition coefficient (Wildman–Crippen LogP) is 3.18. The van der Waals surface area contributed by atoms with Crippen molar-refractivity contribution in [1.82, 2.24) is 0 Å². The van der Waals surface area contributed by atoms with Crippen LogP contribution in [0.1, 0.15) is 5.56 Å². The van der Waals surface area contributed by atoms with E-state index in [0.29, 0.717) is 6.61 Å². The van der Waals surface area contributed by atoms with E-state index in [2.05, 4.69) is 0 Å². The first-order valence-electron chi connectivity index (χ1n) is 3.64. The minimum atomic E-state index is 0.665. The van der Waals surface area contributed by atoms with Crippen LogP contribution < -0.4 is 0 Å². The molecule has 1 aromatic rings. The first kappa shape index (κ1) is 9.90. The Morgan fingerprint density at radius 1 is 1.33 bits per heavy atom. The van der Waals surface area contributed by atoms with E-state index in [9.17, 15) is 0 Å². The summed E-state index contributed by atoms with van der Waals surface area (Å²) in [5.74, 6) is 0.739. The van der Waals surface area contributed by atoms with Crippen LogP contribution in [0.15, 0.2) is 24.3 Å². The lowest BCUT2D eigenvalue weighted by molar-refractivity contribution is 0.169. The molecule has 0 aromatic heterocycles. The molecular weight excluding hydrogens is 192 g/mol. The maximum Gasteiger partial charge on any atom is 0.0922 e. The highest BCUT2D eigenvalue weighted by atomic mass is 35.5. The number of halogens is 1. The zero-order valence-corrected chi connectivity index (χ0v) is 8.49. The Morgan fingerprint density at radius 2 is 2.00 bits per heavy atom. The number of rotatable bonds is 4. The summed E-state index contributed by atoms with van der Waals surface area (Å²) in [6.45, 7) is 0.665. The van der Waals surface area contributed by atoms with Crippen molar-refractivity contribution in [1.29, 1.82) is 0 Å². The zero-order valence-electron chi connectivity index (χ0n) is 6.92. The lowest BCUT2D eigenvalue weighted by Gasteiger charge is -2.01. The van der Waals surface area contributed by atoms with Crippen LogP contribution in [-0.2, 0) is 11.3 Å². The first-order valence-corrected chi connectivity index (χ1v) is 5.41. The first-order chi connectivity index (χ1) is 5.83. The normalized spacial score (nSPS) is 10.2. The number of benzene rings is 1. The van der Waals surface area contributed by atoms with Crippen LogP contribution in [0.25, 0.3) is 0 Å². The molecule has 0 saturated carbocycles. The highest BCUT2D eigenvalue weighted by molar-refractivity contribution is 7.98. The third kappa shape index (κ3) is 3.48. The lowest BCUT2D eigenvalue weighted by Crippen LogP contribution is -1.90. The average molecular weight is 203 g/mol. The molecule has 0 bridgehead atoms. The molecule has 1 nitrogen and oxygen atoms in total. The van der Waals surface area contributed by atoms with Crippen LogP contribution in [-0.4, -0.2) is 12.2 Å². The van der Waals surface area contributed by atoms with E-state index in [1.165, 1.54) is 0 Å². The molecule has 0 heterocycles. The van der Waals surface area contributed by atoms with Crippen molar-refractivity contribution < 1.29 is 4.74 Å². The Labute approximate surface area is 82.1 Å². The van der Waals surface area contributed by atoms with Crippen LogP contribution in [0, 0.1) is 0 Å². The quantitative estimate of drug-likeness (QED) is 0.548. The van der Waals surface area contributed by atoms with E-state index in [0.717, 1.165) is 16.5 Å². The summed E-state index contributed by atoms with van der Waals surface area (Å²) >= 11 is 7.40. The van der Waals surface area contributed by atoms with Gasteiger partial charge in [-0.2, -0.15) is 0 Å². The molecule has 0 atom stereocenters. The standard InChI is InChI=1S/C9H11ClOS/c1-12-7-11-6-8-2-4-9(10)5-3-8/h2-5H,6-7H2,1H3. The van der Waals surface area contributed by atoms with Crippen molar-refractivity contribution in [2.24, 2.45) is 0 Å². The Kier molecular flexibility index (Phi) is 4.51. The molecule has 0 radical (unpaired) electrons. The highest BCUT2D eigenvalue weighted by Crippen LogP contribution is 2.10. The number of hydrogen-bond acceptors (Lipinski definition) is 2. The predicted molar refractivity (Wildman–Crippen MR) is 54.6 cm³/mol. The largest absolute Gasteiger partial charge is 0.366 e. The van der Waals surface area contributed by atoms with Gasteiger partial charge in [0, 0.05) is 5.02 Å². The Morgan fingerprint density at radius 3 is 2.58 bits per heavy atom. The van der Waals surface area contributed by atoms with Crippen LogP contribution in [0.4, 0.5) is 0 Å². The smallest absolute Gasteiger partial charge is 0.0922 e. The number of thioether (sulfide) groups is 1. The molecule has 1 rings (SSSR count). The summed E-state index contributed by atoms with van der Waals surface area (Å²) in [4.78, 5) is 0. The van der Waals surface area contributed by atoms with Gasteiger partial charge in [-0.1, -0.05) is 23.7 Å². The fourth-order valence-electron chi connectivity index (χ4n) is 0.823. The second-order valence-electron chi connectivity index (χ2n) is 2.38. The Bertz CT molecular complexity index is 222. The van der Waals surface area contributed by atoms with Crippen LogP contribution >= 0.6 is 23.4 Å². The van der Waals surface area contributed by atoms with E-state index in [4.69, 9.17) is 16.3 Å². The van der Waals surface area contributed by atoms with Gasteiger partial charge in [0.25, 0.3) is 0 Å². The van der Waals surface area contributed by atoms with Crippen LogP contribution in [0.5, 0.6) is 0 Å². The third-order valence-electron chi connectivity index (χ3n) is 1.38. The summed E-state index contributed by atoms with van der Waals surface area (Å²) in [5.41, 5.74) is 1.16. The van der Waals surface area contributed by atoms with Gasteiger partial charge in [-0.25, -0.2) is 0 Å². The monoisotopic (exact) mass is 202 g/mol. The zero-order chi connectivity index (χ0) is 8.81. The topological polar surface area (TPSA) is 9.23 Å². The van der Waals surface area contributed by atoms with E-state index < -0.39 is 0 Å². The van der Waals surface area contributed by atoms with E-state index in [1.54, 1.807) is 11.8 Å². The van der Waals surface area contributed by atoms with Gasteiger partial charge >= 0.3 is 0 Å². The third-order valence-corrected chi connectivity index (χ3v) is 2.04. The van der Waals surface area contributed by atoms with Gasteiger partial charge in [0.1, 0.15) is 0 Å². The molecule has 0 amide bonds. The highest BCUT2D eigenvalue weighted by Gasteiger charge is 1.92. The van der Waals surface area contributed by atoms with Crippen molar-refractivity contribution in [2.45, 2.75) is 6.61 Å². The van der Waals surface area contributed by atoms with Crippen molar-refractivity contribution in [2.75, 3.05) is 12.2 Å². The maximum atomic E-state index is 5.73. The maximum absolute atomic E-state index is 5.73. The fraction of sp³-hybridized carbons (Fsp3) is 0.333. The molecule has 0 aliphatic rings. The molecule has 0 aliphatic carbocycles. The average Bonchev–Trinajstić information content (AvgIpc) is 2.09. The van der Waals surface area contributed by atoms with E-state index >= 15 is 0 Å². The minimum absolute atomic E-state index is 0.665. The van der Waals surface area contributed by atoms with Gasteiger partial charge in [0.2, 0.25) is 0 Å². The molecular formula is C9H11ClOS. The molecule has 0 saturated heterocycles. The van der Waals surface area contributed by atoms with Crippen molar-refractivity contribution in [3.63, 3.8) is 0 Å². The van der Waals surface area contributed by atoms with Gasteiger partial charge in [0.15, 0.2) is 0 Å². The molecule has 12 heavy (non-hydrogen) atoms. The van der Waals surface area contributed by atoms with E-state index in [-0.39, 0.29) is 0 Å². The van der Waals surface area contributed by atoms with Crippen molar-refractivity contribution >= 4 is 23.4 Å². The lowest BCUT2D eigenvalue weighted by atomic mass is 10.2. The fourth-order valence-corrected chi connectivity index (χ4v) is 1.20. The van der Waals surface area contributed by atoms with Crippen LogP contribution in [0.3, 0.4) is 0 Å². The number of hydrogen-bond donors (Lipinski definition) is 0. The molecule has 0 spiro atoms. The van der Waals surface area contributed by atoms with Gasteiger partial charge in [-0.05, 0) is 24.0 Å². The molecule has 1 aromatic carbocycles. The Balaban J connectivity index is 2.37. The SMILES string of the molecule is CSCOCc1ccc(Cl)cc1. The summed E-state index contributed by atoms with van der Waals surface area (Å²) in [6.07, 6.45) is 2.02. The molecule has 0 fully saturated rings. The number of ether oxygens (including phenoxy) is 1. The van der Waals surface area contributed by atoms with E-state index in [1.807, 2.05) is 30.5 Å². The van der Waals surface area contributed by atoms with Gasteiger partial charge in [0.05, 0.1) is 12.5 Å². The summed E-state index contributed by atoms with van der Waals surface area (Å²) in [6, 6.07) is 7.70. The molecule has 0 N–H and O–H groups in total. The summed E-state index contributed by atoms with van der Waals surface area (Å²) in [7, 11) is 0. The second-order valence-corrected chi connectivity index (χ2v) is 3.63. The summed E-state index contributed by atoms with van der Waals surface area (Å²) < 4.78 is 5.33. The second kappa shape index (κ2) is 5.46. The van der Waals surface area contributed by atoms with Crippen LogP contribution in [0.2, 0.25) is 5.02 Å². The van der Waals surface area contributed by atoms with Gasteiger partial charge < -0.3 is 4.74 Å². The molecule has 66 valence electrons. The Hall–Kier alpha value is -0.180. The summed E-state index contributed by atoms with van der Waals surface area (Å²) in [5, 5.41) is 0.767. The molecule has 0 unspecified atom stereocenters. The van der Waals surface area contributed by atoms with Gasteiger partial charge in [-0.3, -0.25) is 0 Å². The van der Waals surface area contributed by atoms with Crippen molar-refractivity contribution in [3.8, 4) is 0 Å². The molecule has 0 aliphatic heterocycles. The minimum Gasteiger partial charge on any atom is -0.366 e. The van der Waals surface area contributed by atoms with Gasteiger partial charge in [-0.15, -0.1) is 11.8 Å². The van der Waals surface area contributed by atoms with Crippen molar-refractivity contribution in [3.05, 3.63) is 34.9 Å². The molecule has 3 heteroatoms.